The molecule has 2 saturated heterocycles. The normalized spacial score (nSPS) is 37.3. The molecule has 2 saturated carbocycles. The Kier molecular flexibility index (Phi) is 7.77. The lowest BCUT2D eigenvalue weighted by molar-refractivity contribution is -0.318. The smallest absolute Gasteiger partial charge is 0.184 e. The Morgan fingerprint density at radius 3 is 2.03 bits per heavy atom. The molecular weight excluding hydrogens is 424 g/mol. The molecule has 5 nitrogen and oxygen atoms in total. The van der Waals surface area contributed by atoms with E-state index < -0.39 is 30.0 Å². The van der Waals surface area contributed by atoms with Crippen molar-refractivity contribution < 1.29 is 24.4 Å². The van der Waals surface area contributed by atoms with E-state index in [9.17, 15) is 10.2 Å². The number of aliphatic hydroxyl groups is 2. The molecule has 6 atom stereocenters. The van der Waals surface area contributed by atoms with Crippen LogP contribution in [0.3, 0.4) is 0 Å². The molecule has 0 radical (unpaired) electrons. The largest absolute Gasteiger partial charge is 0.387 e. The first-order valence-electron chi connectivity index (χ1n) is 12.7. The minimum atomic E-state index is -0.972. The molecule has 0 unspecified atom stereocenters. The number of aliphatic hydroxyl groups excluding tert-OH is 2. The molecule has 5 rings (SSSR count). The van der Waals surface area contributed by atoms with Crippen LogP contribution >= 0.6 is 11.8 Å². The van der Waals surface area contributed by atoms with Gasteiger partial charge in [0.1, 0.15) is 29.9 Å². The van der Waals surface area contributed by atoms with Crippen molar-refractivity contribution in [2.24, 2.45) is 11.8 Å². The number of fused-ring (bicyclic) bond motifs is 1. The third kappa shape index (κ3) is 5.06. The van der Waals surface area contributed by atoms with Gasteiger partial charge in [0.05, 0.1) is 6.61 Å². The van der Waals surface area contributed by atoms with Crippen molar-refractivity contribution in [3.05, 3.63) is 35.9 Å². The lowest BCUT2D eigenvalue weighted by Gasteiger charge is -2.48. The average Bonchev–Trinajstić information content (AvgIpc) is 2.87. The van der Waals surface area contributed by atoms with Crippen molar-refractivity contribution >= 4 is 11.8 Å². The van der Waals surface area contributed by atoms with Crippen LogP contribution in [0.1, 0.15) is 76.1 Å². The fourth-order valence-corrected chi connectivity index (χ4v) is 7.98. The summed E-state index contributed by atoms with van der Waals surface area (Å²) in [6, 6.07) is 9.75. The van der Waals surface area contributed by atoms with Crippen LogP contribution in [0.15, 0.2) is 30.3 Å². The van der Waals surface area contributed by atoms with Gasteiger partial charge in [-0.25, -0.2) is 0 Å². The SMILES string of the molecule is O[C@@H]1[C@@H](O)[C@H](SC(C2CCCCC2)C2CCCCC2)O[C@@H]2CO[C@@H](c3ccccc3)O[C@@H]12. The van der Waals surface area contributed by atoms with E-state index in [2.05, 4.69) is 0 Å². The van der Waals surface area contributed by atoms with Crippen LogP contribution < -0.4 is 0 Å². The maximum Gasteiger partial charge on any atom is 0.184 e. The van der Waals surface area contributed by atoms with Crippen LogP contribution in [-0.4, -0.2) is 51.9 Å². The van der Waals surface area contributed by atoms with Crippen molar-refractivity contribution in [2.75, 3.05) is 6.61 Å². The minimum absolute atomic E-state index is 0.357. The Hall–Kier alpha value is -0.630. The molecule has 2 heterocycles. The molecule has 0 spiro atoms. The monoisotopic (exact) mass is 462 g/mol. The predicted octanol–water partition coefficient (Wildman–Crippen LogP) is 4.81. The second-order valence-corrected chi connectivity index (χ2v) is 11.4. The molecular formula is C26H38O5S. The first-order valence-corrected chi connectivity index (χ1v) is 13.6. The van der Waals surface area contributed by atoms with Gasteiger partial charge in [0.2, 0.25) is 0 Å². The molecule has 2 N–H and O–H groups in total. The van der Waals surface area contributed by atoms with E-state index in [-0.39, 0.29) is 6.10 Å². The summed E-state index contributed by atoms with van der Waals surface area (Å²) in [6.07, 6.45) is 9.72. The highest BCUT2D eigenvalue weighted by Crippen LogP contribution is 2.46. The van der Waals surface area contributed by atoms with Crippen molar-refractivity contribution in [3.8, 4) is 0 Å². The summed E-state index contributed by atoms with van der Waals surface area (Å²) in [4.78, 5) is 0. The minimum Gasteiger partial charge on any atom is -0.387 e. The van der Waals surface area contributed by atoms with Crippen LogP contribution in [0.2, 0.25) is 0 Å². The first kappa shape index (κ1) is 23.1. The molecule has 4 aliphatic rings. The molecule has 1 aromatic carbocycles. The second kappa shape index (κ2) is 10.7. The molecule has 2 aliphatic heterocycles. The summed E-state index contributed by atoms with van der Waals surface area (Å²) in [7, 11) is 0. The zero-order chi connectivity index (χ0) is 21.9. The Balaban J connectivity index is 1.27. The zero-order valence-corrected chi connectivity index (χ0v) is 19.7. The van der Waals surface area contributed by atoms with Gasteiger partial charge >= 0.3 is 0 Å². The van der Waals surface area contributed by atoms with E-state index in [0.29, 0.717) is 23.7 Å². The van der Waals surface area contributed by atoms with E-state index in [1.165, 1.54) is 64.2 Å². The summed E-state index contributed by atoms with van der Waals surface area (Å²) in [6.45, 7) is 0.364. The molecule has 32 heavy (non-hydrogen) atoms. The molecule has 1 aromatic rings. The third-order valence-electron chi connectivity index (χ3n) is 7.93. The van der Waals surface area contributed by atoms with E-state index in [4.69, 9.17) is 14.2 Å². The number of ether oxygens (including phenoxy) is 3. The van der Waals surface area contributed by atoms with Gasteiger partial charge in [0.25, 0.3) is 0 Å². The standard InChI is InChI=1S/C26H38O5S/c27-21-22(28)26(30-20-16-29-25(31-23(20)21)19-14-8-3-9-15-19)32-24(17-10-4-1-5-11-17)18-12-6-2-7-13-18/h3,8-9,14-15,17-18,20-28H,1-2,4-7,10-13,16H2/t20-,21-,22-,23-,25-,26+/m1/s1. The predicted molar refractivity (Wildman–Crippen MR) is 125 cm³/mol. The van der Waals surface area contributed by atoms with Gasteiger partial charge in [-0.1, -0.05) is 68.9 Å². The Labute approximate surface area is 196 Å². The van der Waals surface area contributed by atoms with Crippen LogP contribution in [0.4, 0.5) is 0 Å². The Morgan fingerprint density at radius 2 is 1.41 bits per heavy atom. The number of hydrogen-bond donors (Lipinski definition) is 2. The Bertz CT molecular complexity index is 685. The maximum atomic E-state index is 11.1. The van der Waals surface area contributed by atoms with Gasteiger partial charge in [0, 0.05) is 10.8 Å². The summed E-state index contributed by atoms with van der Waals surface area (Å²) in [5, 5.41) is 22.6. The Morgan fingerprint density at radius 1 is 0.781 bits per heavy atom. The molecule has 178 valence electrons. The van der Waals surface area contributed by atoms with Gasteiger partial charge in [0.15, 0.2) is 6.29 Å². The second-order valence-electron chi connectivity index (χ2n) is 10.1. The quantitative estimate of drug-likeness (QED) is 0.655. The summed E-state index contributed by atoms with van der Waals surface area (Å²) >= 11 is 1.80. The van der Waals surface area contributed by atoms with Crippen LogP contribution in [0.25, 0.3) is 0 Å². The van der Waals surface area contributed by atoms with Crippen LogP contribution in [-0.2, 0) is 14.2 Å². The summed E-state index contributed by atoms with van der Waals surface area (Å²) in [5.41, 5.74) is 0.486. The van der Waals surface area contributed by atoms with Gasteiger partial charge in [-0.05, 0) is 37.5 Å². The molecule has 0 amide bonds. The van der Waals surface area contributed by atoms with Gasteiger partial charge in [-0.15, -0.1) is 11.8 Å². The lowest BCUT2D eigenvalue weighted by Crippen LogP contribution is -2.61. The summed E-state index contributed by atoms with van der Waals surface area (Å²) < 4.78 is 18.4. The highest BCUT2D eigenvalue weighted by atomic mass is 32.2. The van der Waals surface area contributed by atoms with Crippen LogP contribution in [0, 0.1) is 11.8 Å². The van der Waals surface area contributed by atoms with E-state index in [0.717, 1.165) is 5.56 Å². The van der Waals surface area contributed by atoms with Crippen molar-refractivity contribution in [2.45, 2.75) is 106 Å². The molecule has 6 heteroatoms. The first-order chi connectivity index (χ1) is 15.7. The van der Waals surface area contributed by atoms with E-state index in [1.807, 2.05) is 30.3 Å². The number of rotatable bonds is 5. The van der Waals surface area contributed by atoms with Crippen molar-refractivity contribution in [3.63, 3.8) is 0 Å². The van der Waals surface area contributed by atoms with Gasteiger partial charge in [-0.3, -0.25) is 0 Å². The number of hydrogen-bond acceptors (Lipinski definition) is 6. The molecule has 4 fully saturated rings. The van der Waals surface area contributed by atoms with Crippen molar-refractivity contribution in [1.29, 1.82) is 0 Å². The molecule has 0 aromatic heterocycles. The fourth-order valence-electron chi connectivity index (χ4n) is 6.16. The van der Waals surface area contributed by atoms with Gasteiger partial charge < -0.3 is 24.4 Å². The van der Waals surface area contributed by atoms with Gasteiger partial charge in [-0.2, -0.15) is 0 Å². The zero-order valence-electron chi connectivity index (χ0n) is 18.9. The third-order valence-corrected chi connectivity index (χ3v) is 9.67. The summed E-state index contributed by atoms with van der Waals surface area (Å²) in [5.74, 6) is 1.40. The number of thioether (sulfide) groups is 1. The maximum absolute atomic E-state index is 11.1. The van der Waals surface area contributed by atoms with Crippen LogP contribution in [0.5, 0.6) is 0 Å². The van der Waals surface area contributed by atoms with Crippen molar-refractivity contribution in [1.82, 2.24) is 0 Å². The molecule has 2 aliphatic carbocycles. The topological polar surface area (TPSA) is 68.2 Å². The van der Waals surface area contributed by atoms with E-state index >= 15 is 0 Å². The number of benzene rings is 1. The highest BCUT2D eigenvalue weighted by Gasteiger charge is 2.50. The molecule has 0 bridgehead atoms. The highest BCUT2D eigenvalue weighted by molar-refractivity contribution is 8.00. The van der Waals surface area contributed by atoms with E-state index in [1.54, 1.807) is 11.8 Å². The fraction of sp³-hybridized carbons (Fsp3) is 0.769. The average molecular weight is 463 g/mol. The lowest BCUT2D eigenvalue weighted by atomic mass is 9.77.